The predicted octanol–water partition coefficient (Wildman–Crippen LogP) is 3.52. The van der Waals surface area contributed by atoms with Crippen LogP contribution in [0, 0.1) is 4.64 Å². The number of rotatable bonds is 1. The molecule has 0 aromatic carbocycles. The monoisotopic (exact) mass is 228 g/mol. The van der Waals surface area contributed by atoms with E-state index >= 15 is 0 Å². The van der Waals surface area contributed by atoms with E-state index in [1.165, 1.54) is 11.3 Å². The third-order valence-corrected chi connectivity index (χ3v) is 3.20. The molecular formula is C8H5ClN2S2. The second-order valence-corrected chi connectivity index (χ2v) is 4.10. The average Bonchev–Trinajstić information content (AvgIpc) is 2.52. The van der Waals surface area contributed by atoms with Crippen molar-refractivity contribution in [2.45, 2.75) is 0 Å². The molecule has 0 aliphatic carbocycles. The van der Waals surface area contributed by atoms with Gasteiger partial charge in [-0.1, -0.05) is 23.8 Å². The lowest BCUT2D eigenvalue weighted by Crippen LogP contribution is -1.83. The van der Waals surface area contributed by atoms with Gasteiger partial charge in [-0.15, -0.1) is 11.3 Å². The van der Waals surface area contributed by atoms with E-state index in [-0.39, 0.29) is 0 Å². The zero-order chi connectivity index (χ0) is 9.26. The number of nitrogens with zero attached hydrogens (tertiary/aromatic N) is 1. The van der Waals surface area contributed by atoms with Crippen molar-refractivity contribution < 1.29 is 0 Å². The minimum Gasteiger partial charge on any atom is -0.350 e. The standard InChI is InChI=1S/C8H5ClN2S2/c9-5-1-4-13-7(5)6-8(12)11-3-2-10-6/h1-4H,(H,11,12). The van der Waals surface area contributed by atoms with Gasteiger partial charge in [0.05, 0.1) is 9.90 Å². The lowest BCUT2D eigenvalue weighted by molar-refractivity contribution is 1.19. The van der Waals surface area contributed by atoms with Crippen LogP contribution >= 0.6 is 35.2 Å². The second-order valence-electron chi connectivity index (χ2n) is 2.36. The van der Waals surface area contributed by atoms with E-state index in [2.05, 4.69) is 9.97 Å². The van der Waals surface area contributed by atoms with Crippen molar-refractivity contribution in [3.63, 3.8) is 0 Å². The zero-order valence-corrected chi connectivity index (χ0v) is 8.84. The summed E-state index contributed by atoms with van der Waals surface area (Å²) >= 11 is 12.6. The number of aromatic amines is 1. The Kier molecular flexibility index (Phi) is 2.44. The Balaban J connectivity index is 2.66. The van der Waals surface area contributed by atoms with Crippen molar-refractivity contribution in [3.05, 3.63) is 33.5 Å². The third-order valence-electron chi connectivity index (χ3n) is 1.54. The smallest absolute Gasteiger partial charge is 0.130 e. The highest BCUT2D eigenvalue weighted by molar-refractivity contribution is 7.71. The summed E-state index contributed by atoms with van der Waals surface area (Å²) in [4.78, 5) is 8.01. The van der Waals surface area contributed by atoms with Crippen LogP contribution in [-0.2, 0) is 0 Å². The number of aromatic nitrogens is 2. The first-order valence-corrected chi connectivity index (χ1v) is 5.22. The van der Waals surface area contributed by atoms with Crippen molar-refractivity contribution in [2.75, 3.05) is 0 Å². The lowest BCUT2D eigenvalue weighted by Gasteiger charge is -1.96. The molecule has 0 atom stereocenters. The van der Waals surface area contributed by atoms with Crippen LogP contribution in [0.15, 0.2) is 23.8 Å². The van der Waals surface area contributed by atoms with Crippen molar-refractivity contribution in [1.29, 1.82) is 0 Å². The van der Waals surface area contributed by atoms with Crippen molar-refractivity contribution in [1.82, 2.24) is 9.97 Å². The summed E-state index contributed by atoms with van der Waals surface area (Å²) in [5.41, 5.74) is 0.748. The molecule has 13 heavy (non-hydrogen) atoms. The number of thiophene rings is 1. The molecule has 0 saturated heterocycles. The largest absolute Gasteiger partial charge is 0.350 e. The van der Waals surface area contributed by atoms with Gasteiger partial charge in [0, 0.05) is 12.4 Å². The van der Waals surface area contributed by atoms with E-state index in [9.17, 15) is 0 Å². The normalized spacial score (nSPS) is 10.2. The molecule has 2 rings (SSSR count). The fourth-order valence-corrected chi connectivity index (χ4v) is 2.41. The van der Waals surface area contributed by atoms with Gasteiger partial charge in [-0.3, -0.25) is 4.98 Å². The molecule has 2 aromatic rings. The van der Waals surface area contributed by atoms with Crippen LogP contribution < -0.4 is 0 Å². The molecule has 0 spiro atoms. The van der Waals surface area contributed by atoms with Crippen LogP contribution in [0.4, 0.5) is 0 Å². The lowest BCUT2D eigenvalue weighted by atomic mass is 10.3. The number of H-pyrrole nitrogens is 1. The van der Waals surface area contributed by atoms with Gasteiger partial charge >= 0.3 is 0 Å². The van der Waals surface area contributed by atoms with Gasteiger partial charge < -0.3 is 4.98 Å². The molecule has 0 unspecified atom stereocenters. The van der Waals surface area contributed by atoms with E-state index in [0.29, 0.717) is 9.66 Å². The highest BCUT2D eigenvalue weighted by Gasteiger charge is 2.07. The van der Waals surface area contributed by atoms with Crippen molar-refractivity contribution in [2.24, 2.45) is 0 Å². The molecule has 2 aromatic heterocycles. The number of hydrogen-bond acceptors (Lipinski definition) is 3. The molecule has 2 heterocycles. The Bertz CT molecular complexity index is 475. The van der Waals surface area contributed by atoms with Gasteiger partial charge in [0.25, 0.3) is 0 Å². The minimum atomic E-state index is 0.617. The summed E-state index contributed by atoms with van der Waals surface area (Å²) in [7, 11) is 0. The van der Waals surface area contributed by atoms with Crippen LogP contribution in [0.3, 0.4) is 0 Å². The first-order chi connectivity index (χ1) is 6.29. The topological polar surface area (TPSA) is 28.7 Å². The van der Waals surface area contributed by atoms with E-state index < -0.39 is 0 Å². The zero-order valence-electron chi connectivity index (χ0n) is 6.45. The van der Waals surface area contributed by atoms with Crippen molar-refractivity contribution >= 4 is 35.2 Å². The van der Waals surface area contributed by atoms with E-state index in [1.54, 1.807) is 12.4 Å². The second kappa shape index (κ2) is 3.57. The Morgan fingerprint density at radius 3 is 3.00 bits per heavy atom. The van der Waals surface area contributed by atoms with Gasteiger partial charge in [0.2, 0.25) is 0 Å². The SMILES string of the molecule is S=c1[nH]ccnc1-c1sccc1Cl. The Labute approximate surface area is 89.2 Å². The van der Waals surface area contributed by atoms with Crippen LogP contribution in [0.25, 0.3) is 10.6 Å². The molecule has 0 aliphatic rings. The maximum atomic E-state index is 5.96. The molecule has 5 heteroatoms. The summed E-state index contributed by atoms with van der Waals surface area (Å²) in [5.74, 6) is 0. The van der Waals surface area contributed by atoms with Gasteiger partial charge in [0.1, 0.15) is 10.3 Å². The van der Waals surface area contributed by atoms with E-state index in [4.69, 9.17) is 23.8 Å². The molecule has 0 aliphatic heterocycles. The summed E-state index contributed by atoms with van der Waals surface area (Å²) in [6.07, 6.45) is 3.37. The Morgan fingerprint density at radius 2 is 2.38 bits per heavy atom. The van der Waals surface area contributed by atoms with Gasteiger partial charge in [-0.05, 0) is 11.4 Å². The van der Waals surface area contributed by atoms with Crippen LogP contribution in [-0.4, -0.2) is 9.97 Å². The van der Waals surface area contributed by atoms with Crippen LogP contribution in [0.1, 0.15) is 0 Å². The summed E-state index contributed by atoms with van der Waals surface area (Å²) in [6.45, 7) is 0. The highest BCUT2D eigenvalue weighted by atomic mass is 35.5. The first-order valence-electron chi connectivity index (χ1n) is 3.56. The molecule has 1 N–H and O–H groups in total. The molecule has 0 bridgehead atoms. The maximum Gasteiger partial charge on any atom is 0.130 e. The summed E-state index contributed by atoms with van der Waals surface area (Å²) in [5, 5.41) is 2.62. The fourth-order valence-electron chi connectivity index (χ4n) is 0.976. The number of nitrogens with one attached hydrogen (secondary N) is 1. The molecular weight excluding hydrogens is 224 g/mol. The molecule has 66 valence electrons. The minimum absolute atomic E-state index is 0.617. The Hall–Kier alpha value is -0.710. The molecule has 0 saturated carbocycles. The van der Waals surface area contributed by atoms with Crippen LogP contribution in [0.2, 0.25) is 5.02 Å². The number of hydrogen-bond donors (Lipinski definition) is 1. The fraction of sp³-hybridized carbons (Fsp3) is 0. The van der Waals surface area contributed by atoms with E-state index in [0.717, 1.165) is 10.6 Å². The van der Waals surface area contributed by atoms with E-state index in [1.807, 2.05) is 11.4 Å². The van der Waals surface area contributed by atoms with Gasteiger partial charge in [-0.25, -0.2) is 0 Å². The molecule has 0 radical (unpaired) electrons. The average molecular weight is 229 g/mol. The maximum absolute atomic E-state index is 5.96. The van der Waals surface area contributed by atoms with Gasteiger partial charge in [-0.2, -0.15) is 0 Å². The van der Waals surface area contributed by atoms with Gasteiger partial charge in [0.15, 0.2) is 0 Å². The predicted molar refractivity (Wildman–Crippen MR) is 57.7 cm³/mol. The molecule has 0 fully saturated rings. The van der Waals surface area contributed by atoms with Crippen molar-refractivity contribution in [3.8, 4) is 10.6 Å². The summed E-state index contributed by atoms with van der Waals surface area (Å²) < 4.78 is 0.617. The van der Waals surface area contributed by atoms with Crippen LogP contribution in [0.5, 0.6) is 0 Å². The molecule has 2 nitrogen and oxygen atoms in total. The first kappa shape index (κ1) is 8.87. The number of halogens is 1. The summed E-state index contributed by atoms with van der Waals surface area (Å²) in [6, 6.07) is 1.84. The molecule has 0 amide bonds. The highest BCUT2D eigenvalue weighted by Crippen LogP contribution is 2.31. The third kappa shape index (κ3) is 1.65. The Morgan fingerprint density at radius 1 is 1.54 bits per heavy atom. The quantitative estimate of drug-likeness (QED) is 0.757.